The Morgan fingerprint density at radius 3 is 3.00 bits per heavy atom. The molecule has 20 heavy (non-hydrogen) atoms. The first-order chi connectivity index (χ1) is 9.65. The maximum Gasteiger partial charge on any atom is 0.276 e. The Morgan fingerprint density at radius 2 is 2.20 bits per heavy atom. The zero-order valence-electron chi connectivity index (χ0n) is 10.7. The van der Waals surface area contributed by atoms with Crippen LogP contribution in [0.5, 0.6) is 5.75 Å². The fourth-order valence-electron chi connectivity index (χ4n) is 2.00. The maximum atomic E-state index is 12.2. The van der Waals surface area contributed by atoms with E-state index in [0.29, 0.717) is 16.8 Å². The highest BCUT2D eigenvalue weighted by Gasteiger charge is 2.15. The smallest absolute Gasteiger partial charge is 0.276 e. The van der Waals surface area contributed by atoms with Gasteiger partial charge in [0, 0.05) is 18.1 Å². The highest BCUT2D eigenvalue weighted by Crippen LogP contribution is 2.21. The highest BCUT2D eigenvalue weighted by molar-refractivity contribution is 6.11. The van der Waals surface area contributed by atoms with Gasteiger partial charge in [0.15, 0.2) is 5.69 Å². The number of hydrogen-bond donors (Lipinski definition) is 3. The Bertz CT molecular complexity index is 795. The van der Waals surface area contributed by atoms with E-state index in [1.165, 1.54) is 6.07 Å². The Kier molecular flexibility index (Phi) is 2.83. The van der Waals surface area contributed by atoms with Crippen LogP contribution >= 0.6 is 0 Å². The van der Waals surface area contributed by atoms with Gasteiger partial charge in [0.05, 0.1) is 10.9 Å². The quantitative estimate of drug-likeness (QED) is 0.621. The molecule has 0 aliphatic rings. The number of aromatic hydroxyl groups is 1. The van der Waals surface area contributed by atoms with Crippen LogP contribution in [-0.2, 0) is 0 Å². The van der Waals surface area contributed by atoms with Crippen molar-refractivity contribution in [1.82, 2.24) is 15.2 Å². The van der Waals surface area contributed by atoms with Crippen molar-refractivity contribution >= 4 is 22.5 Å². The summed E-state index contributed by atoms with van der Waals surface area (Å²) in [6.45, 7) is 1.81. The number of H-pyrrole nitrogens is 1. The number of carbonyl (C=O) groups excluding carboxylic acids is 1. The topological polar surface area (TPSA) is 90.9 Å². The number of phenols is 1. The summed E-state index contributed by atoms with van der Waals surface area (Å²) in [7, 11) is 0. The van der Waals surface area contributed by atoms with Gasteiger partial charge < -0.3 is 10.4 Å². The van der Waals surface area contributed by atoms with Gasteiger partial charge in [0.25, 0.3) is 5.91 Å². The normalized spacial score (nSPS) is 10.7. The summed E-state index contributed by atoms with van der Waals surface area (Å²) >= 11 is 0. The van der Waals surface area contributed by atoms with Crippen LogP contribution in [-0.4, -0.2) is 26.2 Å². The molecular formula is C14H12N4O2. The van der Waals surface area contributed by atoms with E-state index in [2.05, 4.69) is 20.5 Å². The minimum absolute atomic E-state index is 0.162. The second-order valence-corrected chi connectivity index (χ2v) is 4.45. The number of carbonyl (C=O) groups is 1. The van der Waals surface area contributed by atoms with Crippen LogP contribution in [0.3, 0.4) is 0 Å². The van der Waals surface area contributed by atoms with Gasteiger partial charge in [-0.05, 0) is 36.8 Å². The van der Waals surface area contributed by atoms with Crippen molar-refractivity contribution in [3.63, 3.8) is 0 Å². The number of aromatic nitrogens is 3. The number of aromatic amines is 1. The van der Waals surface area contributed by atoms with Crippen molar-refractivity contribution in [1.29, 1.82) is 0 Å². The summed E-state index contributed by atoms with van der Waals surface area (Å²) in [4.78, 5) is 16.2. The minimum Gasteiger partial charge on any atom is -0.508 e. The lowest BCUT2D eigenvalue weighted by atomic mass is 10.2. The largest absolute Gasteiger partial charge is 0.508 e. The number of phenolic OH excluding ortho intramolecular Hbond substituents is 1. The summed E-state index contributed by atoms with van der Waals surface area (Å²) in [6.07, 6.45) is 3.23. The third-order valence-electron chi connectivity index (χ3n) is 3.04. The van der Waals surface area contributed by atoms with Crippen molar-refractivity contribution in [2.24, 2.45) is 0 Å². The number of amides is 1. The first kappa shape index (κ1) is 12.2. The van der Waals surface area contributed by atoms with Gasteiger partial charge in [-0.25, -0.2) is 0 Å². The van der Waals surface area contributed by atoms with Crippen molar-refractivity contribution in [2.45, 2.75) is 6.92 Å². The van der Waals surface area contributed by atoms with E-state index in [4.69, 9.17) is 0 Å². The Hall–Kier alpha value is -2.89. The molecule has 2 aromatic heterocycles. The van der Waals surface area contributed by atoms with Gasteiger partial charge in [-0.1, -0.05) is 0 Å². The second-order valence-electron chi connectivity index (χ2n) is 4.45. The Balaban J connectivity index is 1.93. The van der Waals surface area contributed by atoms with Crippen LogP contribution in [0.4, 0.5) is 5.69 Å². The van der Waals surface area contributed by atoms with Gasteiger partial charge in [0.1, 0.15) is 5.75 Å². The van der Waals surface area contributed by atoms with Crippen molar-refractivity contribution in [3.8, 4) is 5.75 Å². The number of nitrogens with zero attached hydrogens (tertiary/aromatic N) is 2. The number of rotatable bonds is 2. The molecule has 0 saturated carbocycles. The Morgan fingerprint density at radius 1 is 1.35 bits per heavy atom. The number of nitrogens with one attached hydrogen (secondary N) is 2. The molecule has 0 bridgehead atoms. The maximum absolute atomic E-state index is 12.2. The third-order valence-corrected chi connectivity index (χ3v) is 3.04. The van der Waals surface area contributed by atoms with Gasteiger partial charge in [0.2, 0.25) is 0 Å². The summed E-state index contributed by atoms with van der Waals surface area (Å²) in [5.41, 5.74) is 2.46. The van der Waals surface area contributed by atoms with Crippen LogP contribution in [0.15, 0.2) is 36.7 Å². The molecule has 0 radical (unpaired) electrons. The second kappa shape index (κ2) is 4.65. The lowest BCUT2D eigenvalue weighted by Crippen LogP contribution is -2.13. The molecule has 2 heterocycles. The molecule has 3 aromatic rings. The van der Waals surface area contributed by atoms with Gasteiger partial charge in [-0.2, -0.15) is 5.10 Å². The summed E-state index contributed by atoms with van der Waals surface area (Å²) in [6, 6.07) is 6.51. The number of hydrogen-bond acceptors (Lipinski definition) is 4. The van der Waals surface area contributed by atoms with Crippen molar-refractivity contribution in [3.05, 3.63) is 47.9 Å². The zero-order chi connectivity index (χ0) is 14.1. The van der Waals surface area contributed by atoms with Crippen molar-refractivity contribution in [2.75, 3.05) is 5.32 Å². The van der Waals surface area contributed by atoms with Crippen LogP contribution in [0.2, 0.25) is 0 Å². The summed E-state index contributed by atoms with van der Waals surface area (Å²) in [5.74, 6) is -0.159. The van der Waals surface area contributed by atoms with Crippen LogP contribution in [0.1, 0.15) is 16.1 Å². The minimum atomic E-state index is -0.321. The van der Waals surface area contributed by atoms with E-state index >= 15 is 0 Å². The number of aryl methyl sites for hydroxylation is 1. The summed E-state index contributed by atoms with van der Waals surface area (Å²) < 4.78 is 0. The molecule has 0 aliphatic carbocycles. The first-order valence-corrected chi connectivity index (χ1v) is 6.04. The fraction of sp³-hybridized carbons (Fsp3) is 0.0714. The van der Waals surface area contributed by atoms with E-state index < -0.39 is 0 Å². The standard InChI is InChI=1S/C14H12N4O2/c1-8-6-9(19)2-3-11(8)16-14(20)13-10-7-15-5-4-12(10)17-18-13/h2-7,19H,1H3,(H,16,20)(H,17,18). The molecule has 0 atom stereocenters. The lowest BCUT2D eigenvalue weighted by molar-refractivity contribution is 0.102. The Labute approximate surface area is 114 Å². The van der Waals surface area contributed by atoms with Crippen LogP contribution < -0.4 is 5.32 Å². The molecule has 0 spiro atoms. The van der Waals surface area contributed by atoms with Gasteiger partial charge in [-0.3, -0.25) is 14.9 Å². The van der Waals surface area contributed by atoms with Crippen molar-refractivity contribution < 1.29 is 9.90 Å². The average molecular weight is 268 g/mol. The lowest BCUT2D eigenvalue weighted by Gasteiger charge is -2.07. The molecular weight excluding hydrogens is 256 g/mol. The number of benzene rings is 1. The van der Waals surface area contributed by atoms with E-state index in [1.54, 1.807) is 37.5 Å². The predicted octanol–water partition coefficient (Wildman–Crippen LogP) is 2.22. The van der Waals surface area contributed by atoms with Crippen LogP contribution in [0, 0.1) is 6.92 Å². The van der Waals surface area contributed by atoms with E-state index in [-0.39, 0.29) is 11.7 Å². The number of pyridine rings is 1. The molecule has 100 valence electrons. The van der Waals surface area contributed by atoms with E-state index in [0.717, 1.165) is 11.1 Å². The fourth-order valence-corrected chi connectivity index (χ4v) is 2.00. The molecule has 6 nitrogen and oxygen atoms in total. The summed E-state index contributed by atoms with van der Waals surface area (Å²) in [5, 5.41) is 19.6. The molecule has 0 saturated heterocycles. The average Bonchev–Trinajstić information content (AvgIpc) is 2.86. The van der Waals surface area contributed by atoms with E-state index in [9.17, 15) is 9.90 Å². The van der Waals surface area contributed by atoms with E-state index in [1.807, 2.05) is 0 Å². The molecule has 0 unspecified atom stereocenters. The number of fused-ring (bicyclic) bond motifs is 1. The zero-order valence-corrected chi connectivity index (χ0v) is 10.7. The SMILES string of the molecule is Cc1cc(O)ccc1NC(=O)c1n[nH]c2ccncc12. The molecule has 3 rings (SSSR count). The van der Waals surface area contributed by atoms with Gasteiger partial charge >= 0.3 is 0 Å². The molecule has 3 N–H and O–H groups in total. The molecule has 0 fully saturated rings. The molecule has 1 amide bonds. The molecule has 0 aliphatic heterocycles. The predicted molar refractivity (Wildman–Crippen MR) is 74.7 cm³/mol. The van der Waals surface area contributed by atoms with Crippen LogP contribution in [0.25, 0.3) is 10.9 Å². The van der Waals surface area contributed by atoms with Gasteiger partial charge in [-0.15, -0.1) is 0 Å². The monoisotopic (exact) mass is 268 g/mol. The molecule has 6 heteroatoms. The third kappa shape index (κ3) is 2.07. The highest BCUT2D eigenvalue weighted by atomic mass is 16.3. The number of anilines is 1. The first-order valence-electron chi connectivity index (χ1n) is 6.04. The molecule has 1 aromatic carbocycles.